The van der Waals surface area contributed by atoms with Crippen LogP contribution in [0.1, 0.15) is 42.6 Å². The number of hydrogen-bond acceptors (Lipinski definition) is 3. The van der Waals surface area contributed by atoms with Gasteiger partial charge in [0.1, 0.15) is 0 Å². The maximum Gasteiger partial charge on any atom is 0.265 e. The Bertz CT molecular complexity index is 876. The fraction of sp³-hybridized carbons (Fsp3) is 0.286. The first-order chi connectivity index (χ1) is 12.4. The number of carbonyl (C=O) groups is 2. The summed E-state index contributed by atoms with van der Waals surface area (Å²) in [7, 11) is 0. The van der Waals surface area contributed by atoms with Crippen molar-refractivity contribution in [1.82, 2.24) is 0 Å². The highest BCUT2D eigenvalue weighted by Crippen LogP contribution is 2.35. The number of rotatable bonds is 4. The zero-order chi connectivity index (χ0) is 18.8. The summed E-state index contributed by atoms with van der Waals surface area (Å²) in [5, 5.41) is 0.361. The molecule has 2 amide bonds. The average Bonchev–Trinajstić information content (AvgIpc) is 2.63. The molecule has 0 fully saturated rings. The number of nitrogens with zero attached hydrogens (tertiary/aromatic N) is 2. The monoisotopic (exact) mass is 368 g/mol. The number of para-hydroxylation sites is 1. The Morgan fingerprint density at radius 2 is 1.69 bits per heavy atom. The molecule has 2 atom stereocenters. The van der Waals surface area contributed by atoms with Gasteiger partial charge < -0.3 is 0 Å². The van der Waals surface area contributed by atoms with Crippen LogP contribution in [0.2, 0.25) is 5.02 Å². The van der Waals surface area contributed by atoms with E-state index in [1.54, 1.807) is 42.6 Å². The summed E-state index contributed by atoms with van der Waals surface area (Å²) in [6.45, 7) is 6.17. The third-order valence-electron chi connectivity index (χ3n) is 4.74. The van der Waals surface area contributed by atoms with Gasteiger partial charge in [-0.05, 0) is 36.6 Å². The highest BCUT2D eigenvalue weighted by atomic mass is 35.5. The van der Waals surface area contributed by atoms with E-state index in [4.69, 9.17) is 11.6 Å². The Kier molecular flexibility index (Phi) is 5.23. The van der Waals surface area contributed by atoms with Gasteiger partial charge in [0.2, 0.25) is 5.91 Å². The Morgan fingerprint density at radius 1 is 1.04 bits per heavy atom. The standard InChI is InChI=1S/C21H21ClN2O2/c1-13(2)14(3)23-12-17-15-8-4-5-9-16(15)20(25)24(21(17)26)19-11-7-6-10-18(19)22/h4-14,17H,1-3H3/t14-,17?/m1/s1. The second-order valence-corrected chi connectivity index (χ2v) is 7.19. The van der Waals surface area contributed by atoms with E-state index >= 15 is 0 Å². The summed E-state index contributed by atoms with van der Waals surface area (Å²) in [4.78, 5) is 31.9. The number of benzene rings is 2. The minimum atomic E-state index is -0.610. The van der Waals surface area contributed by atoms with Crippen molar-refractivity contribution in [1.29, 1.82) is 0 Å². The van der Waals surface area contributed by atoms with Crippen LogP contribution in [0.3, 0.4) is 0 Å². The number of fused-ring (bicyclic) bond motifs is 1. The molecule has 0 radical (unpaired) electrons. The van der Waals surface area contributed by atoms with Gasteiger partial charge in [-0.2, -0.15) is 0 Å². The highest BCUT2D eigenvalue weighted by Gasteiger charge is 2.39. The molecule has 1 unspecified atom stereocenters. The summed E-state index contributed by atoms with van der Waals surface area (Å²) in [5.41, 5.74) is 1.58. The summed E-state index contributed by atoms with van der Waals surface area (Å²) < 4.78 is 0. The summed E-state index contributed by atoms with van der Waals surface area (Å²) >= 11 is 6.25. The van der Waals surface area contributed by atoms with Gasteiger partial charge in [-0.15, -0.1) is 0 Å². The molecule has 5 heteroatoms. The zero-order valence-electron chi connectivity index (χ0n) is 15.0. The van der Waals surface area contributed by atoms with E-state index in [1.165, 1.54) is 4.90 Å². The van der Waals surface area contributed by atoms with E-state index in [9.17, 15) is 9.59 Å². The fourth-order valence-electron chi connectivity index (χ4n) is 2.85. The van der Waals surface area contributed by atoms with Gasteiger partial charge in [0, 0.05) is 17.8 Å². The van der Waals surface area contributed by atoms with Gasteiger partial charge in [0.25, 0.3) is 5.91 Å². The van der Waals surface area contributed by atoms with Crippen molar-refractivity contribution in [3.05, 3.63) is 64.7 Å². The van der Waals surface area contributed by atoms with Crippen molar-refractivity contribution >= 4 is 35.3 Å². The van der Waals surface area contributed by atoms with Crippen LogP contribution in [0.4, 0.5) is 5.69 Å². The summed E-state index contributed by atoms with van der Waals surface area (Å²) in [6, 6.07) is 14.1. The molecule has 0 spiro atoms. The normalized spacial score (nSPS) is 18.5. The third-order valence-corrected chi connectivity index (χ3v) is 5.06. The van der Waals surface area contributed by atoms with Crippen molar-refractivity contribution in [3.63, 3.8) is 0 Å². The van der Waals surface area contributed by atoms with Crippen LogP contribution in [-0.4, -0.2) is 24.1 Å². The lowest BCUT2D eigenvalue weighted by Crippen LogP contribution is -2.45. The molecule has 134 valence electrons. The lowest BCUT2D eigenvalue weighted by atomic mass is 9.88. The van der Waals surface area contributed by atoms with E-state index in [1.807, 2.05) is 19.1 Å². The minimum absolute atomic E-state index is 0.0846. The largest absolute Gasteiger partial charge is 0.293 e. The molecule has 2 aromatic rings. The Balaban J connectivity index is 2.10. The predicted molar refractivity (Wildman–Crippen MR) is 105 cm³/mol. The van der Waals surface area contributed by atoms with Crippen LogP contribution in [0.5, 0.6) is 0 Å². The van der Waals surface area contributed by atoms with E-state index in [-0.39, 0.29) is 17.9 Å². The van der Waals surface area contributed by atoms with Gasteiger partial charge in [0.05, 0.1) is 16.6 Å². The number of imide groups is 1. The number of carbonyl (C=O) groups excluding carboxylic acids is 2. The quantitative estimate of drug-likeness (QED) is 0.578. The van der Waals surface area contributed by atoms with Crippen LogP contribution >= 0.6 is 11.6 Å². The molecular weight excluding hydrogens is 348 g/mol. The molecule has 1 aliphatic heterocycles. The lowest BCUT2D eigenvalue weighted by Gasteiger charge is -2.31. The number of anilines is 1. The van der Waals surface area contributed by atoms with Crippen molar-refractivity contribution in [2.75, 3.05) is 4.90 Å². The molecule has 4 nitrogen and oxygen atoms in total. The fourth-order valence-corrected chi connectivity index (χ4v) is 3.08. The Labute approximate surface area is 158 Å². The van der Waals surface area contributed by atoms with Gasteiger partial charge in [0.15, 0.2) is 0 Å². The molecule has 0 saturated heterocycles. The Morgan fingerprint density at radius 3 is 2.38 bits per heavy atom. The number of amides is 2. The van der Waals surface area contributed by atoms with Gasteiger partial charge >= 0.3 is 0 Å². The molecule has 0 bridgehead atoms. The van der Waals surface area contributed by atoms with Crippen LogP contribution in [-0.2, 0) is 4.79 Å². The molecule has 0 aromatic heterocycles. The zero-order valence-corrected chi connectivity index (χ0v) is 15.8. The predicted octanol–water partition coefficient (Wildman–Crippen LogP) is 4.73. The maximum absolute atomic E-state index is 13.2. The van der Waals surface area contributed by atoms with E-state index < -0.39 is 5.92 Å². The van der Waals surface area contributed by atoms with Gasteiger partial charge in [-0.1, -0.05) is 55.8 Å². The molecule has 0 aliphatic carbocycles. The second-order valence-electron chi connectivity index (χ2n) is 6.78. The molecule has 26 heavy (non-hydrogen) atoms. The van der Waals surface area contributed by atoms with E-state index in [2.05, 4.69) is 18.8 Å². The van der Waals surface area contributed by atoms with Crippen molar-refractivity contribution in [2.45, 2.75) is 32.7 Å². The average molecular weight is 369 g/mol. The third kappa shape index (κ3) is 3.29. The first-order valence-corrected chi connectivity index (χ1v) is 9.04. The maximum atomic E-state index is 13.2. The smallest absolute Gasteiger partial charge is 0.265 e. The van der Waals surface area contributed by atoms with Crippen LogP contribution in [0.25, 0.3) is 0 Å². The van der Waals surface area contributed by atoms with E-state index in [0.717, 1.165) is 0 Å². The SMILES string of the molecule is CC(C)[C@@H](C)N=CC1C(=O)N(c2ccccc2Cl)C(=O)c2ccccc21. The summed E-state index contributed by atoms with van der Waals surface area (Å²) in [6.07, 6.45) is 1.67. The number of halogens is 1. The molecule has 0 saturated carbocycles. The van der Waals surface area contributed by atoms with Crippen molar-refractivity contribution < 1.29 is 9.59 Å². The lowest BCUT2D eigenvalue weighted by molar-refractivity contribution is -0.118. The summed E-state index contributed by atoms with van der Waals surface area (Å²) in [5.74, 6) is -0.940. The second kappa shape index (κ2) is 7.42. The van der Waals surface area contributed by atoms with Crippen LogP contribution < -0.4 is 4.90 Å². The van der Waals surface area contributed by atoms with Crippen LogP contribution in [0.15, 0.2) is 53.5 Å². The Hall–Kier alpha value is -2.46. The van der Waals surface area contributed by atoms with Crippen molar-refractivity contribution in [3.8, 4) is 0 Å². The van der Waals surface area contributed by atoms with Crippen LogP contribution in [0, 0.1) is 5.92 Å². The molecule has 3 rings (SSSR count). The highest BCUT2D eigenvalue weighted by molar-refractivity contribution is 6.37. The molecule has 0 N–H and O–H groups in total. The first-order valence-electron chi connectivity index (χ1n) is 8.67. The molecule has 2 aromatic carbocycles. The van der Waals surface area contributed by atoms with Crippen molar-refractivity contribution in [2.24, 2.45) is 10.9 Å². The molecular formula is C21H21ClN2O2. The number of aliphatic imine (C=N–C) groups is 1. The van der Waals surface area contributed by atoms with E-state index in [0.29, 0.717) is 27.8 Å². The topological polar surface area (TPSA) is 49.7 Å². The van der Waals surface area contributed by atoms with Gasteiger partial charge in [-0.25, -0.2) is 4.90 Å². The number of hydrogen-bond donors (Lipinski definition) is 0. The molecule has 1 heterocycles. The minimum Gasteiger partial charge on any atom is -0.293 e. The molecule has 1 aliphatic rings. The van der Waals surface area contributed by atoms with Gasteiger partial charge in [-0.3, -0.25) is 14.6 Å². The first kappa shape index (κ1) is 18.3.